The normalized spacial score (nSPS) is 10.7. The van der Waals surface area contributed by atoms with Crippen molar-refractivity contribution in [2.24, 2.45) is 0 Å². The van der Waals surface area contributed by atoms with Crippen LogP contribution in [0, 0.1) is 0 Å². The molecule has 0 spiro atoms. The van der Waals surface area contributed by atoms with Gasteiger partial charge < -0.3 is 14.5 Å². The van der Waals surface area contributed by atoms with Gasteiger partial charge in [-0.3, -0.25) is 0 Å². The lowest BCUT2D eigenvalue weighted by Gasteiger charge is -2.03. The predicted molar refractivity (Wildman–Crippen MR) is 101 cm³/mol. The fraction of sp³-hybridized carbons (Fsp3) is 0.190. The highest BCUT2D eigenvalue weighted by Crippen LogP contribution is 2.22. The van der Waals surface area contributed by atoms with Crippen molar-refractivity contribution in [3.05, 3.63) is 82.6 Å². The number of nitrogens with two attached hydrogens (primary N) is 1. The Labute approximate surface area is 157 Å². The van der Waals surface area contributed by atoms with Gasteiger partial charge in [0, 0.05) is 16.1 Å². The number of hydrogen-bond acceptors (Lipinski definition) is 3. The Bertz CT molecular complexity index is 871. The zero-order valence-electron chi connectivity index (χ0n) is 14.6. The van der Waals surface area contributed by atoms with E-state index in [1.54, 1.807) is 19.1 Å². The Morgan fingerprint density at radius 2 is 1.81 bits per heavy atom. The minimum Gasteiger partial charge on any atom is -0.462 e. The summed E-state index contributed by atoms with van der Waals surface area (Å²) in [5.41, 5.74) is 2.57. The molecule has 0 amide bonds. The summed E-state index contributed by atoms with van der Waals surface area (Å²) >= 11 is 6.17. The lowest BCUT2D eigenvalue weighted by molar-refractivity contribution is -0.687. The van der Waals surface area contributed by atoms with E-state index >= 15 is 0 Å². The third kappa shape index (κ3) is 4.54. The van der Waals surface area contributed by atoms with Crippen molar-refractivity contribution in [2.45, 2.75) is 20.0 Å². The molecule has 26 heavy (non-hydrogen) atoms. The van der Waals surface area contributed by atoms with Crippen molar-refractivity contribution in [3.63, 3.8) is 0 Å². The fourth-order valence-corrected chi connectivity index (χ4v) is 2.87. The van der Waals surface area contributed by atoms with Gasteiger partial charge in [-0.05, 0) is 37.3 Å². The molecule has 0 saturated carbocycles. The van der Waals surface area contributed by atoms with E-state index in [9.17, 15) is 4.79 Å². The van der Waals surface area contributed by atoms with Gasteiger partial charge >= 0.3 is 5.97 Å². The van der Waals surface area contributed by atoms with E-state index in [0.717, 1.165) is 40.8 Å². The Kier molecular flexibility index (Phi) is 6.10. The van der Waals surface area contributed by atoms with Gasteiger partial charge in [0.05, 0.1) is 12.2 Å². The molecule has 2 aromatic carbocycles. The van der Waals surface area contributed by atoms with E-state index in [-0.39, 0.29) is 5.97 Å². The fourth-order valence-electron chi connectivity index (χ4n) is 2.66. The van der Waals surface area contributed by atoms with Gasteiger partial charge in [0.2, 0.25) is 0 Å². The van der Waals surface area contributed by atoms with E-state index in [2.05, 4.69) is 5.32 Å². The van der Waals surface area contributed by atoms with Crippen molar-refractivity contribution < 1.29 is 19.3 Å². The summed E-state index contributed by atoms with van der Waals surface area (Å²) in [6, 6.07) is 19.0. The number of rotatable bonds is 7. The van der Waals surface area contributed by atoms with Crippen LogP contribution in [-0.2, 0) is 17.8 Å². The number of esters is 1. The summed E-state index contributed by atoms with van der Waals surface area (Å²) in [5, 5.41) is 2.93. The van der Waals surface area contributed by atoms with Crippen molar-refractivity contribution in [1.29, 1.82) is 0 Å². The smallest absolute Gasteiger partial charge is 0.338 e. The van der Waals surface area contributed by atoms with E-state index in [1.807, 2.05) is 48.5 Å². The number of ether oxygens (including phenoxy) is 1. The second kappa shape index (κ2) is 8.70. The molecule has 2 N–H and O–H groups in total. The minimum absolute atomic E-state index is 0.312. The van der Waals surface area contributed by atoms with Gasteiger partial charge in [0.25, 0.3) is 0 Å². The number of quaternary nitrogens is 1. The Morgan fingerprint density at radius 3 is 2.54 bits per heavy atom. The van der Waals surface area contributed by atoms with Crippen LogP contribution >= 0.6 is 11.6 Å². The second-order valence-corrected chi connectivity index (χ2v) is 6.26. The van der Waals surface area contributed by atoms with Gasteiger partial charge in [-0.2, -0.15) is 0 Å². The first-order valence-corrected chi connectivity index (χ1v) is 8.96. The first-order chi connectivity index (χ1) is 12.7. The predicted octanol–water partition coefficient (Wildman–Crippen LogP) is 4.04. The molecule has 3 aromatic rings. The summed E-state index contributed by atoms with van der Waals surface area (Å²) in [6.07, 6.45) is 0. The van der Waals surface area contributed by atoms with Crippen LogP contribution in [-0.4, -0.2) is 12.6 Å². The number of carbonyl (C=O) groups is 1. The molecule has 3 rings (SSSR count). The molecule has 0 radical (unpaired) electrons. The van der Waals surface area contributed by atoms with E-state index in [4.69, 9.17) is 20.8 Å². The summed E-state index contributed by atoms with van der Waals surface area (Å²) in [7, 11) is 0. The molecule has 134 valence electrons. The average molecular weight is 371 g/mol. The zero-order valence-corrected chi connectivity index (χ0v) is 15.3. The summed E-state index contributed by atoms with van der Waals surface area (Å²) in [4.78, 5) is 11.7. The molecule has 0 fully saturated rings. The minimum atomic E-state index is -0.312. The maximum atomic E-state index is 11.7. The van der Waals surface area contributed by atoms with E-state index in [1.165, 1.54) is 0 Å². The van der Waals surface area contributed by atoms with E-state index in [0.29, 0.717) is 12.2 Å². The van der Waals surface area contributed by atoms with Crippen molar-refractivity contribution in [1.82, 2.24) is 0 Å². The maximum Gasteiger partial charge on any atom is 0.338 e. The van der Waals surface area contributed by atoms with Gasteiger partial charge in [-0.15, -0.1) is 0 Å². The summed E-state index contributed by atoms with van der Waals surface area (Å²) < 4.78 is 10.9. The molecule has 0 aliphatic rings. The highest BCUT2D eigenvalue weighted by Gasteiger charge is 2.10. The van der Waals surface area contributed by atoms with E-state index < -0.39 is 0 Å². The van der Waals surface area contributed by atoms with Crippen molar-refractivity contribution in [2.75, 3.05) is 6.61 Å². The third-order valence-corrected chi connectivity index (χ3v) is 4.38. The summed E-state index contributed by atoms with van der Waals surface area (Å²) in [5.74, 6) is 1.36. The molecule has 1 aromatic heterocycles. The van der Waals surface area contributed by atoms with Gasteiger partial charge in [0.15, 0.2) is 5.76 Å². The van der Waals surface area contributed by atoms with Crippen LogP contribution < -0.4 is 5.32 Å². The van der Waals surface area contributed by atoms with Gasteiger partial charge in [0.1, 0.15) is 18.8 Å². The van der Waals surface area contributed by atoms with Crippen LogP contribution in [0.5, 0.6) is 0 Å². The standard InChI is InChI=1S/C21H20ClNO3/c1-2-25-21(24)16-9-7-15(8-10-16)20-12-11-18(26-20)14-23-13-17-5-3-4-6-19(17)22/h3-12,23H,2,13-14H2,1H3/p+1. The van der Waals surface area contributed by atoms with Crippen molar-refractivity contribution in [3.8, 4) is 11.3 Å². The number of benzene rings is 2. The Balaban J connectivity index is 1.59. The lowest BCUT2D eigenvalue weighted by atomic mass is 10.1. The maximum absolute atomic E-state index is 11.7. The number of halogens is 1. The molecular weight excluding hydrogens is 350 g/mol. The molecular formula is C21H21ClNO3+. The lowest BCUT2D eigenvalue weighted by Crippen LogP contribution is -2.80. The van der Waals surface area contributed by atoms with Crippen LogP contribution in [0.4, 0.5) is 0 Å². The molecule has 0 aliphatic heterocycles. The van der Waals surface area contributed by atoms with Gasteiger partial charge in [-0.1, -0.05) is 41.9 Å². The Hall–Kier alpha value is -2.56. The summed E-state index contributed by atoms with van der Waals surface area (Å²) in [6.45, 7) is 3.68. The van der Waals surface area contributed by atoms with Gasteiger partial charge in [-0.25, -0.2) is 4.79 Å². The molecule has 0 unspecified atom stereocenters. The molecule has 1 heterocycles. The van der Waals surface area contributed by atoms with Crippen LogP contribution in [0.2, 0.25) is 5.02 Å². The molecule has 0 aliphatic carbocycles. The average Bonchev–Trinajstić information content (AvgIpc) is 3.13. The van der Waals surface area contributed by atoms with Crippen molar-refractivity contribution >= 4 is 17.6 Å². The van der Waals surface area contributed by atoms with Crippen LogP contribution in [0.3, 0.4) is 0 Å². The molecule has 0 bridgehead atoms. The SMILES string of the molecule is CCOC(=O)c1ccc(-c2ccc(C[NH2+]Cc3ccccc3Cl)o2)cc1. The highest BCUT2D eigenvalue weighted by molar-refractivity contribution is 6.31. The molecule has 0 atom stereocenters. The van der Waals surface area contributed by atoms with Crippen LogP contribution in [0.15, 0.2) is 65.1 Å². The highest BCUT2D eigenvalue weighted by atomic mass is 35.5. The number of hydrogen-bond donors (Lipinski definition) is 1. The molecule has 0 saturated heterocycles. The van der Waals surface area contributed by atoms with Crippen LogP contribution in [0.1, 0.15) is 28.6 Å². The zero-order chi connectivity index (χ0) is 18.4. The monoisotopic (exact) mass is 370 g/mol. The van der Waals surface area contributed by atoms with Crippen LogP contribution in [0.25, 0.3) is 11.3 Å². The Morgan fingerprint density at radius 1 is 1.04 bits per heavy atom. The second-order valence-electron chi connectivity index (χ2n) is 5.85. The quantitative estimate of drug-likeness (QED) is 0.638. The number of furan rings is 1. The molecule has 4 nitrogen and oxygen atoms in total. The first-order valence-electron chi connectivity index (χ1n) is 8.58. The third-order valence-electron chi connectivity index (χ3n) is 4.01. The number of carbonyl (C=O) groups excluding carboxylic acids is 1. The molecule has 5 heteroatoms. The first kappa shape index (κ1) is 18.2. The largest absolute Gasteiger partial charge is 0.462 e. The topological polar surface area (TPSA) is 56.0 Å².